The summed E-state index contributed by atoms with van der Waals surface area (Å²) in [5.41, 5.74) is 5.40. The van der Waals surface area contributed by atoms with Crippen LogP contribution in [0.1, 0.15) is 12.8 Å². The fourth-order valence-electron chi connectivity index (χ4n) is 2.07. The average Bonchev–Trinajstić information content (AvgIpc) is 3.03. The molecule has 2 aliphatic rings. The lowest BCUT2D eigenvalue weighted by molar-refractivity contribution is 0.136. The number of rotatable bonds is 4. The van der Waals surface area contributed by atoms with E-state index in [2.05, 4.69) is 15.9 Å². The third kappa shape index (κ3) is 2.80. The molecule has 2 fully saturated rings. The lowest BCUT2D eigenvalue weighted by Crippen LogP contribution is -2.47. The van der Waals surface area contributed by atoms with Crippen LogP contribution in [0.15, 0.2) is 12.2 Å². The zero-order chi connectivity index (χ0) is 9.80. The quantitative estimate of drug-likeness (QED) is 0.654. The van der Waals surface area contributed by atoms with E-state index in [4.69, 9.17) is 5.73 Å². The van der Waals surface area contributed by atoms with Crippen molar-refractivity contribution < 1.29 is 0 Å². The Morgan fingerprint density at radius 3 is 2.36 bits per heavy atom. The molecule has 0 atom stereocenters. The van der Waals surface area contributed by atoms with Crippen molar-refractivity contribution in [2.24, 2.45) is 5.73 Å². The Morgan fingerprint density at radius 2 is 1.79 bits per heavy atom. The molecule has 0 aromatic heterocycles. The SMILES string of the molecule is NCC=CCN1CCN(C2CC2)CC1. The van der Waals surface area contributed by atoms with Crippen LogP contribution in [0.4, 0.5) is 0 Å². The summed E-state index contributed by atoms with van der Waals surface area (Å²) in [7, 11) is 0. The zero-order valence-corrected chi connectivity index (χ0v) is 8.86. The van der Waals surface area contributed by atoms with Crippen LogP contribution in [0.5, 0.6) is 0 Å². The summed E-state index contributed by atoms with van der Waals surface area (Å²) in [6.07, 6.45) is 7.11. The van der Waals surface area contributed by atoms with E-state index in [0.717, 1.165) is 12.6 Å². The minimum atomic E-state index is 0.669. The average molecular weight is 195 g/mol. The van der Waals surface area contributed by atoms with Crippen molar-refractivity contribution in [1.82, 2.24) is 9.80 Å². The Bertz CT molecular complexity index is 191. The maximum Gasteiger partial charge on any atom is 0.0164 e. The monoisotopic (exact) mass is 195 g/mol. The Kier molecular flexibility index (Phi) is 3.56. The second-order valence-electron chi connectivity index (χ2n) is 4.27. The number of piperazine rings is 1. The van der Waals surface area contributed by atoms with Gasteiger partial charge in [0, 0.05) is 45.3 Å². The van der Waals surface area contributed by atoms with Gasteiger partial charge in [-0.15, -0.1) is 0 Å². The summed E-state index contributed by atoms with van der Waals surface area (Å²) in [5.74, 6) is 0. The maximum absolute atomic E-state index is 5.40. The highest BCUT2D eigenvalue weighted by atomic mass is 15.3. The summed E-state index contributed by atoms with van der Waals surface area (Å²) in [6, 6.07) is 0.941. The molecule has 80 valence electrons. The lowest BCUT2D eigenvalue weighted by Gasteiger charge is -2.34. The van der Waals surface area contributed by atoms with Gasteiger partial charge in [0.15, 0.2) is 0 Å². The van der Waals surface area contributed by atoms with Gasteiger partial charge in [0.05, 0.1) is 0 Å². The second-order valence-corrected chi connectivity index (χ2v) is 4.27. The highest BCUT2D eigenvalue weighted by Crippen LogP contribution is 2.27. The van der Waals surface area contributed by atoms with Gasteiger partial charge >= 0.3 is 0 Å². The van der Waals surface area contributed by atoms with Crippen molar-refractivity contribution in [3.63, 3.8) is 0 Å². The number of nitrogens with zero attached hydrogens (tertiary/aromatic N) is 2. The maximum atomic E-state index is 5.40. The van der Waals surface area contributed by atoms with Crippen LogP contribution < -0.4 is 5.73 Å². The van der Waals surface area contributed by atoms with Crippen molar-refractivity contribution in [2.75, 3.05) is 39.3 Å². The van der Waals surface area contributed by atoms with E-state index < -0.39 is 0 Å². The standard InChI is InChI=1S/C11H21N3/c12-5-1-2-6-13-7-9-14(10-8-13)11-3-4-11/h1-2,11H,3-10,12H2. The summed E-state index contributed by atoms with van der Waals surface area (Å²) in [6.45, 7) is 6.73. The minimum absolute atomic E-state index is 0.669. The molecule has 0 aromatic carbocycles. The Labute approximate surface area is 86.5 Å². The van der Waals surface area contributed by atoms with Gasteiger partial charge in [0.2, 0.25) is 0 Å². The molecule has 1 aliphatic carbocycles. The lowest BCUT2D eigenvalue weighted by atomic mass is 10.3. The molecular formula is C11H21N3. The number of nitrogens with two attached hydrogens (primary N) is 1. The van der Waals surface area contributed by atoms with Crippen LogP contribution in [0, 0.1) is 0 Å². The molecule has 0 spiro atoms. The predicted molar refractivity (Wildman–Crippen MR) is 59.2 cm³/mol. The van der Waals surface area contributed by atoms with E-state index >= 15 is 0 Å². The molecule has 0 amide bonds. The molecule has 0 unspecified atom stereocenters. The van der Waals surface area contributed by atoms with E-state index in [1.54, 1.807) is 0 Å². The molecule has 2 N–H and O–H groups in total. The largest absolute Gasteiger partial charge is 0.327 e. The Hall–Kier alpha value is -0.380. The summed E-state index contributed by atoms with van der Waals surface area (Å²) < 4.78 is 0. The molecule has 0 radical (unpaired) electrons. The van der Waals surface area contributed by atoms with E-state index in [0.29, 0.717) is 6.54 Å². The molecular weight excluding hydrogens is 174 g/mol. The highest BCUT2D eigenvalue weighted by molar-refractivity contribution is 4.90. The molecule has 14 heavy (non-hydrogen) atoms. The fraction of sp³-hybridized carbons (Fsp3) is 0.818. The van der Waals surface area contributed by atoms with Crippen LogP contribution in [0.2, 0.25) is 0 Å². The van der Waals surface area contributed by atoms with Crippen LogP contribution >= 0.6 is 0 Å². The van der Waals surface area contributed by atoms with E-state index in [1.165, 1.54) is 39.0 Å². The molecule has 1 saturated heterocycles. The third-order valence-corrected chi connectivity index (χ3v) is 3.14. The highest BCUT2D eigenvalue weighted by Gasteiger charge is 2.30. The normalized spacial score (nSPS) is 26.1. The van der Waals surface area contributed by atoms with Crippen molar-refractivity contribution in [2.45, 2.75) is 18.9 Å². The Balaban J connectivity index is 1.64. The van der Waals surface area contributed by atoms with Crippen molar-refractivity contribution in [3.05, 3.63) is 12.2 Å². The Morgan fingerprint density at radius 1 is 1.07 bits per heavy atom. The van der Waals surface area contributed by atoms with E-state index in [-0.39, 0.29) is 0 Å². The minimum Gasteiger partial charge on any atom is -0.327 e. The van der Waals surface area contributed by atoms with Gasteiger partial charge < -0.3 is 5.73 Å². The van der Waals surface area contributed by atoms with Crippen LogP contribution in [0.25, 0.3) is 0 Å². The number of hydrogen-bond donors (Lipinski definition) is 1. The van der Waals surface area contributed by atoms with E-state index in [1.807, 2.05) is 6.08 Å². The van der Waals surface area contributed by atoms with Gasteiger partial charge in [-0.2, -0.15) is 0 Å². The molecule has 1 saturated carbocycles. The second kappa shape index (κ2) is 4.91. The van der Waals surface area contributed by atoms with Gasteiger partial charge in [-0.25, -0.2) is 0 Å². The first-order valence-electron chi connectivity index (χ1n) is 5.71. The molecule has 3 nitrogen and oxygen atoms in total. The molecule has 1 aliphatic heterocycles. The smallest absolute Gasteiger partial charge is 0.0164 e. The van der Waals surface area contributed by atoms with Gasteiger partial charge in [0.25, 0.3) is 0 Å². The molecule has 0 bridgehead atoms. The van der Waals surface area contributed by atoms with Crippen LogP contribution in [0.3, 0.4) is 0 Å². The molecule has 1 heterocycles. The van der Waals surface area contributed by atoms with Crippen molar-refractivity contribution in [3.8, 4) is 0 Å². The van der Waals surface area contributed by atoms with Gasteiger partial charge in [0.1, 0.15) is 0 Å². The molecule has 2 rings (SSSR count). The number of hydrogen-bond acceptors (Lipinski definition) is 3. The first-order valence-corrected chi connectivity index (χ1v) is 5.71. The summed E-state index contributed by atoms with van der Waals surface area (Å²) >= 11 is 0. The topological polar surface area (TPSA) is 32.5 Å². The van der Waals surface area contributed by atoms with Crippen molar-refractivity contribution in [1.29, 1.82) is 0 Å². The van der Waals surface area contributed by atoms with Gasteiger partial charge in [-0.05, 0) is 12.8 Å². The fourth-order valence-corrected chi connectivity index (χ4v) is 2.07. The van der Waals surface area contributed by atoms with Gasteiger partial charge in [-0.1, -0.05) is 12.2 Å². The van der Waals surface area contributed by atoms with E-state index in [9.17, 15) is 0 Å². The first-order chi connectivity index (χ1) is 6.90. The van der Waals surface area contributed by atoms with Crippen molar-refractivity contribution >= 4 is 0 Å². The van der Waals surface area contributed by atoms with Gasteiger partial charge in [-0.3, -0.25) is 9.80 Å². The van der Waals surface area contributed by atoms with Crippen LogP contribution in [-0.2, 0) is 0 Å². The zero-order valence-electron chi connectivity index (χ0n) is 8.86. The first kappa shape index (κ1) is 10.1. The summed E-state index contributed by atoms with van der Waals surface area (Å²) in [5, 5.41) is 0. The molecule has 3 heteroatoms. The third-order valence-electron chi connectivity index (χ3n) is 3.14. The van der Waals surface area contributed by atoms with Crippen LogP contribution in [-0.4, -0.2) is 55.1 Å². The summed E-state index contributed by atoms with van der Waals surface area (Å²) in [4.78, 5) is 5.15. The predicted octanol–water partition coefficient (Wildman–Crippen LogP) is 0.281. The molecule has 0 aromatic rings.